The molecule has 0 saturated carbocycles. The van der Waals surface area contributed by atoms with Crippen LogP contribution in [0.15, 0.2) is 24.3 Å². The SMILES string of the molecule is CCOCCCC(CNC)c1cccc(F)c1. The fourth-order valence-electron chi connectivity index (χ4n) is 1.97. The second-order valence-corrected chi connectivity index (χ2v) is 4.15. The van der Waals surface area contributed by atoms with E-state index in [0.717, 1.165) is 38.2 Å². The van der Waals surface area contributed by atoms with Gasteiger partial charge >= 0.3 is 0 Å². The van der Waals surface area contributed by atoms with Gasteiger partial charge < -0.3 is 10.1 Å². The summed E-state index contributed by atoms with van der Waals surface area (Å²) in [5.74, 6) is 0.199. The van der Waals surface area contributed by atoms with Gasteiger partial charge in [0.25, 0.3) is 0 Å². The minimum Gasteiger partial charge on any atom is -0.382 e. The van der Waals surface area contributed by atoms with Gasteiger partial charge in [-0.25, -0.2) is 4.39 Å². The van der Waals surface area contributed by atoms with E-state index >= 15 is 0 Å². The van der Waals surface area contributed by atoms with Crippen molar-refractivity contribution in [1.29, 1.82) is 0 Å². The van der Waals surface area contributed by atoms with Gasteiger partial charge in [0.05, 0.1) is 0 Å². The van der Waals surface area contributed by atoms with Crippen molar-refractivity contribution in [3.63, 3.8) is 0 Å². The van der Waals surface area contributed by atoms with E-state index in [9.17, 15) is 4.39 Å². The van der Waals surface area contributed by atoms with Crippen LogP contribution >= 0.6 is 0 Å². The summed E-state index contributed by atoms with van der Waals surface area (Å²) in [6.45, 7) is 4.41. The van der Waals surface area contributed by atoms with Crippen molar-refractivity contribution < 1.29 is 9.13 Å². The molecular weight excluding hydrogens is 217 g/mol. The Hall–Kier alpha value is -0.930. The fraction of sp³-hybridized carbons (Fsp3) is 0.571. The van der Waals surface area contributed by atoms with Gasteiger partial charge in [-0.2, -0.15) is 0 Å². The summed E-state index contributed by atoms with van der Waals surface area (Å²) in [5.41, 5.74) is 1.07. The topological polar surface area (TPSA) is 21.3 Å². The van der Waals surface area contributed by atoms with Gasteiger partial charge in [-0.1, -0.05) is 12.1 Å². The van der Waals surface area contributed by atoms with Crippen LogP contribution in [-0.4, -0.2) is 26.8 Å². The second-order valence-electron chi connectivity index (χ2n) is 4.15. The Labute approximate surface area is 103 Å². The molecule has 1 N–H and O–H groups in total. The monoisotopic (exact) mass is 239 g/mol. The normalized spacial score (nSPS) is 12.6. The van der Waals surface area contributed by atoms with Crippen LogP contribution in [0.1, 0.15) is 31.2 Å². The number of ether oxygens (including phenoxy) is 1. The molecule has 0 radical (unpaired) electrons. The Morgan fingerprint density at radius 1 is 1.41 bits per heavy atom. The number of hydrogen-bond donors (Lipinski definition) is 1. The number of rotatable bonds is 8. The van der Waals surface area contributed by atoms with Crippen LogP contribution in [0.5, 0.6) is 0 Å². The predicted molar refractivity (Wildman–Crippen MR) is 68.8 cm³/mol. The standard InChI is InChI=1S/C14H22FNO/c1-3-17-9-5-7-13(11-16-2)12-6-4-8-14(15)10-12/h4,6,8,10,13,16H,3,5,7,9,11H2,1-2H3. The van der Waals surface area contributed by atoms with E-state index in [4.69, 9.17) is 4.74 Å². The molecular formula is C14H22FNO. The largest absolute Gasteiger partial charge is 0.382 e. The molecule has 0 heterocycles. The molecule has 3 heteroatoms. The summed E-state index contributed by atoms with van der Waals surface area (Å²) in [6, 6.07) is 6.88. The quantitative estimate of drug-likeness (QED) is 0.704. The van der Waals surface area contributed by atoms with Gasteiger partial charge in [0.2, 0.25) is 0 Å². The fourth-order valence-corrected chi connectivity index (χ4v) is 1.97. The number of benzene rings is 1. The summed E-state index contributed by atoms with van der Waals surface area (Å²) >= 11 is 0. The number of nitrogens with one attached hydrogen (secondary N) is 1. The minimum absolute atomic E-state index is 0.159. The molecule has 0 fully saturated rings. The van der Waals surface area contributed by atoms with Crippen molar-refractivity contribution in [1.82, 2.24) is 5.32 Å². The Balaban J connectivity index is 2.52. The molecule has 0 amide bonds. The average Bonchev–Trinajstić information content (AvgIpc) is 2.33. The maximum absolute atomic E-state index is 13.2. The van der Waals surface area contributed by atoms with Crippen molar-refractivity contribution in [3.8, 4) is 0 Å². The Bertz CT molecular complexity index is 317. The first kappa shape index (κ1) is 14.1. The van der Waals surface area contributed by atoms with E-state index in [0.29, 0.717) is 5.92 Å². The first-order chi connectivity index (χ1) is 8.27. The van der Waals surface area contributed by atoms with Crippen LogP contribution in [0.4, 0.5) is 4.39 Å². The highest BCUT2D eigenvalue weighted by Gasteiger charge is 2.11. The highest BCUT2D eigenvalue weighted by Crippen LogP contribution is 2.21. The molecule has 0 saturated heterocycles. The molecule has 1 rings (SSSR count). The molecule has 1 unspecified atom stereocenters. The lowest BCUT2D eigenvalue weighted by Crippen LogP contribution is -2.18. The summed E-state index contributed by atoms with van der Waals surface area (Å²) < 4.78 is 18.5. The third kappa shape index (κ3) is 5.29. The molecule has 0 bridgehead atoms. The van der Waals surface area contributed by atoms with E-state index in [2.05, 4.69) is 5.32 Å². The summed E-state index contributed by atoms with van der Waals surface area (Å²) in [6.07, 6.45) is 2.03. The molecule has 0 aliphatic carbocycles. The number of hydrogen-bond acceptors (Lipinski definition) is 2. The second kappa shape index (κ2) is 8.20. The molecule has 0 aliphatic rings. The van der Waals surface area contributed by atoms with Crippen molar-refractivity contribution in [3.05, 3.63) is 35.6 Å². The Morgan fingerprint density at radius 2 is 2.24 bits per heavy atom. The summed E-state index contributed by atoms with van der Waals surface area (Å²) in [5, 5.41) is 3.16. The third-order valence-electron chi connectivity index (χ3n) is 2.82. The zero-order valence-electron chi connectivity index (χ0n) is 10.7. The van der Waals surface area contributed by atoms with E-state index < -0.39 is 0 Å². The van der Waals surface area contributed by atoms with Crippen LogP contribution in [0.3, 0.4) is 0 Å². The van der Waals surface area contributed by atoms with Crippen LogP contribution in [0.2, 0.25) is 0 Å². The first-order valence-corrected chi connectivity index (χ1v) is 6.25. The van der Waals surface area contributed by atoms with Crippen LogP contribution in [0.25, 0.3) is 0 Å². The van der Waals surface area contributed by atoms with Gasteiger partial charge in [0.15, 0.2) is 0 Å². The maximum atomic E-state index is 13.2. The van der Waals surface area contributed by atoms with Crippen LogP contribution < -0.4 is 5.32 Å². The highest BCUT2D eigenvalue weighted by molar-refractivity contribution is 5.21. The molecule has 0 spiro atoms. The predicted octanol–water partition coefficient (Wildman–Crippen LogP) is 2.95. The molecule has 1 atom stereocenters. The third-order valence-corrected chi connectivity index (χ3v) is 2.82. The van der Waals surface area contributed by atoms with Crippen molar-refractivity contribution in [2.45, 2.75) is 25.7 Å². The molecule has 1 aromatic rings. The van der Waals surface area contributed by atoms with E-state index in [1.165, 1.54) is 6.07 Å². The molecule has 1 aromatic carbocycles. The lowest BCUT2D eigenvalue weighted by Gasteiger charge is -2.17. The summed E-state index contributed by atoms with van der Waals surface area (Å²) in [7, 11) is 1.93. The molecule has 96 valence electrons. The van der Waals surface area contributed by atoms with Gasteiger partial charge in [-0.15, -0.1) is 0 Å². The van der Waals surface area contributed by atoms with Crippen LogP contribution in [0, 0.1) is 5.82 Å². The van der Waals surface area contributed by atoms with Gasteiger partial charge in [0.1, 0.15) is 5.82 Å². The van der Waals surface area contributed by atoms with E-state index in [-0.39, 0.29) is 5.82 Å². The maximum Gasteiger partial charge on any atom is 0.123 e. The van der Waals surface area contributed by atoms with E-state index in [1.807, 2.05) is 20.0 Å². The smallest absolute Gasteiger partial charge is 0.123 e. The average molecular weight is 239 g/mol. The molecule has 0 aromatic heterocycles. The van der Waals surface area contributed by atoms with Gasteiger partial charge in [-0.05, 0) is 50.4 Å². The van der Waals surface area contributed by atoms with Crippen LogP contribution in [-0.2, 0) is 4.74 Å². The molecule has 0 aliphatic heterocycles. The first-order valence-electron chi connectivity index (χ1n) is 6.25. The number of halogens is 1. The Kier molecular flexibility index (Phi) is 6.82. The lowest BCUT2D eigenvalue weighted by molar-refractivity contribution is 0.142. The van der Waals surface area contributed by atoms with Crippen molar-refractivity contribution in [2.24, 2.45) is 0 Å². The Morgan fingerprint density at radius 3 is 2.88 bits per heavy atom. The number of likely N-dealkylation sites (N-methyl/N-ethyl adjacent to an activating group) is 1. The zero-order valence-corrected chi connectivity index (χ0v) is 10.7. The van der Waals surface area contributed by atoms with E-state index in [1.54, 1.807) is 12.1 Å². The molecule has 2 nitrogen and oxygen atoms in total. The zero-order chi connectivity index (χ0) is 12.5. The van der Waals surface area contributed by atoms with Crippen molar-refractivity contribution in [2.75, 3.05) is 26.8 Å². The minimum atomic E-state index is -0.159. The van der Waals surface area contributed by atoms with Gasteiger partial charge in [0, 0.05) is 19.8 Å². The molecule has 17 heavy (non-hydrogen) atoms. The van der Waals surface area contributed by atoms with Crippen molar-refractivity contribution >= 4 is 0 Å². The highest BCUT2D eigenvalue weighted by atomic mass is 19.1. The van der Waals surface area contributed by atoms with Gasteiger partial charge in [-0.3, -0.25) is 0 Å². The summed E-state index contributed by atoms with van der Waals surface area (Å²) in [4.78, 5) is 0. The lowest BCUT2D eigenvalue weighted by atomic mass is 9.94.